The Balaban J connectivity index is 2.19. The summed E-state index contributed by atoms with van der Waals surface area (Å²) in [7, 11) is 1.93. The smallest absolute Gasteiger partial charge is 0.190 e. The Morgan fingerprint density at radius 3 is 2.81 bits per heavy atom. The minimum atomic E-state index is -0.226. The fraction of sp³-hybridized carbons (Fsp3) is 0.438. The number of thiazole rings is 1. The van der Waals surface area contributed by atoms with Gasteiger partial charge >= 0.3 is 0 Å². The Labute approximate surface area is 129 Å². The molecule has 0 spiro atoms. The molecule has 1 aromatic carbocycles. The lowest BCUT2D eigenvalue weighted by molar-refractivity contribution is 0.628. The lowest BCUT2D eigenvalue weighted by Gasteiger charge is -2.15. The van der Waals surface area contributed by atoms with Crippen molar-refractivity contribution in [2.24, 2.45) is 0 Å². The molecule has 1 aromatic heterocycles. The monoisotopic (exact) mass is 307 g/mol. The van der Waals surface area contributed by atoms with Crippen molar-refractivity contribution in [2.75, 3.05) is 18.5 Å². The highest BCUT2D eigenvalue weighted by Gasteiger charge is 2.14. The van der Waals surface area contributed by atoms with Gasteiger partial charge in [-0.05, 0) is 37.6 Å². The number of hydrogen-bond acceptors (Lipinski definition) is 4. The van der Waals surface area contributed by atoms with Crippen LogP contribution in [0.15, 0.2) is 24.3 Å². The molecule has 2 aromatic rings. The van der Waals surface area contributed by atoms with Crippen LogP contribution in [0.25, 0.3) is 0 Å². The summed E-state index contributed by atoms with van der Waals surface area (Å²) in [6, 6.07) is 6.60. The number of nitrogens with one attached hydrogen (secondary N) is 1. The highest BCUT2D eigenvalue weighted by Crippen LogP contribution is 2.31. The number of aryl methyl sites for hydroxylation is 1. The molecule has 0 unspecified atom stereocenters. The first-order valence-electron chi connectivity index (χ1n) is 7.34. The maximum Gasteiger partial charge on any atom is 0.190 e. The van der Waals surface area contributed by atoms with Crippen molar-refractivity contribution in [1.29, 1.82) is 0 Å². The van der Waals surface area contributed by atoms with Gasteiger partial charge in [-0.2, -0.15) is 0 Å². The maximum absolute atomic E-state index is 13.3. The van der Waals surface area contributed by atoms with Crippen LogP contribution in [0.2, 0.25) is 0 Å². The molecule has 0 aliphatic rings. The average molecular weight is 307 g/mol. The van der Waals surface area contributed by atoms with Crippen molar-refractivity contribution in [1.82, 2.24) is 10.3 Å². The SMILES string of the molecule is CCCNCc1sc(N(C)c2cccc(F)c2)nc1CC. The van der Waals surface area contributed by atoms with E-state index in [2.05, 4.69) is 19.2 Å². The molecule has 3 nitrogen and oxygen atoms in total. The van der Waals surface area contributed by atoms with E-state index < -0.39 is 0 Å². The lowest BCUT2D eigenvalue weighted by atomic mass is 10.3. The number of hydrogen-bond donors (Lipinski definition) is 1. The van der Waals surface area contributed by atoms with Crippen molar-refractivity contribution in [3.63, 3.8) is 0 Å². The third-order valence-corrected chi connectivity index (χ3v) is 4.47. The molecule has 5 heteroatoms. The summed E-state index contributed by atoms with van der Waals surface area (Å²) in [5.74, 6) is -0.226. The summed E-state index contributed by atoms with van der Waals surface area (Å²) in [5, 5.41) is 4.33. The molecule has 2 rings (SSSR count). The minimum absolute atomic E-state index is 0.226. The fourth-order valence-corrected chi connectivity index (χ4v) is 3.20. The van der Waals surface area contributed by atoms with Crippen LogP contribution in [0.3, 0.4) is 0 Å². The molecule has 0 radical (unpaired) electrons. The minimum Gasteiger partial charge on any atom is -0.321 e. The van der Waals surface area contributed by atoms with E-state index in [0.29, 0.717) is 0 Å². The van der Waals surface area contributed by atoms with Crippen LogP contribution in [0.5, 0.6) is 0 Å². The van der Waals surface area contributed by atoms with Gasteiger partial charge in [-0.15, -0.1) is 0 Å². The number of rotatable bonds is 7. The Morgan fingerprint density at radius 1 is 1.33 bits per heavy atom. The van der Waals surface area contributed by atoms with E-state index in [-0.39, 0.29) is 5.82 Å². The molecule has 114 valence electrons. The molecule has 1 N–H and O–H groups in total. The summed E-state index contributed by atoms with van der Waals surface area (Å²) in [6.45, 7) is 6.13. The van der Waals surface area contributed by atoms with E-state index in [0.717, 1.165) is 42.4 Å². The molecular weight excluding hydrogens is 285 g/mol. The van der Waals surface area contributed by atoms with Gasteiger partial charge in [-0.25, -0.2) is 9.37 Å². The van der Waals surface area contributed by atoms with Crippen LogP contribution in [0.1, 0.15) is 30.8 Å². The van der Waals surface area contributed by atoms with Crippen molar-refractivity contribution in [3.8, 4) is 0 Å². The molecule has 0 amide bonds. The van der Waals surface area contributed by atoms with E-state index in [9.17, 15) is 4.39 Å². The average Bonchev–Trinajstić information content (AvgIpc) is 2.90. The lowest BCUT2D eigenvalue weighted by Crippen LogP contribution is -2.13. The van der Waals surface area contributed by atoms with Gasteiger partial charge in [-0.1, -0.05) is 31.3 Å². The molecule has 0 aliphatic carbocycles. The van der Waals surface area contributed by atoms with Crippen LogP contribution in [0.4, 0.5) is 15.2 Å². The van der Waals surface area contributed by atoms with Gasteiger partial charge in [0, 0.05) is 24.2 Å². The van der Waals surface area contributed by atoms with E-state index in [1.54, 1.807) is 17.4 Å². The summed E-state index contributed by atoms with van der Waals surface area (Å²) >= 11 is 1.67. The zero-order valence-electron chi connectivity index (χ0n) is 12.8. The topological polar surface area (TPSA) is 28.2 Å². The third-order valence-electron chi connectivity index (χ3n) is 3.30. The van der Waals surface area contributed by atoms with Crippen molar-refractivity contribution < 1.29 is 4.39 Å². The summed E-state index contributed by atoms with van der Waals surface area (Å²) in [5.41, 5.74) is 1.95. The molecule has 0 aliphatic heterocycles. The number of benzene rings is 1. The maximum atomic E-state index is 13.3. The summed E-state index contributed by atoms with van der Waals surface area (Å²) in [4.78, 5) is 7.90. The van der Waals surface area contributed by atoms with Gasteiger partial charge in [0.2, 0.25) is 0 Å². The first-order valence-corrected chi connectivity index (χ1v) is 8.16. The zero-order chi connectivity index (χ0) is 15.2. The second-order valence-corrected chi connectivity index (χ2v) is 6.00. The van der Waals surface area contributed by atoms with Gasteiger partial charge in [0.15, 0.2) is 5.13 Å². The van der Waals surface area contributed by atoms with E-state index in [4.69, 9.17) is 4.98 Å². The molecule has 0 fully saturated rings. The predicted molar refractivity (Wildman–Crippen MR) is 88.0 cm³/mol. The van der Waals surface area contributed by atoms with Crippen LogP contribution in [0, 0.1) is 5.82 Å². The van der Waals surface area contributed by atoms with Gasteiger partial charge < -0.3 is 10.2 Å². The van der Waals surface area contributed by atoms with Crippen molar-refractivity contribution in [2.45, 2.75) is 33.2 Å². The van der Waals surface area contributed by atoms with Gasteiger partial charge in [-0.3, -0.25) is 0 Å². The van der Waals surface area contributed by atoms with Crippen LogP contribution in [-0.4, -0.2) is 18.6 Å². The van der Waals surface area contributed by atoms with Crippen LogP contribution < -0.4 is 10.2 Å². The van der Waals surface area contributed by atoms with E-state index >= 15 is 0 Å². The second kappa shape index (κ2) is 7.52. The molecule has 0 bridgehead atoms. The van der Waals surface area contributed by atoms with Gasteiger partial charge in [0.05, 0.1) is 5.69 Å². The van der Waals surface area contributed by atoms with E-state index in [1.165, 1.54) is 17.0 Å². The Hall–Kier alpha value is -1.46. The van der Waals surface area contributed by atoms with Crippen molar-refractivity contribution >= 4 is 22.2 Å². The quantitative estimate of drug-likeness (QED) is 0.780. The van der Waals surface area contributed by atoms with Crippen LogP contribution >= 0.6 is 11.3 Å². The highest BCUT2D eigenvalue weighted by molar-refractivity contribution is 7.15. The summed E-state index contributed by atoms with van der Waals surface area (Å²) < 4.78 is 13.3. The fourth-order valence-electron chi connectivity index (χ4n) is 2.10. The second-order valence-electron chi connectivity index (χ2n) is 4.94. The molecular formula is C16H22FN3S. The summed E-state index contributed by atoms with van der Waals surface area (Å²) in [6.07, 6.45) is 2.03. The molecule has 0 saturated heterocycles. The molecule has 0 atom stereocenters. The largest absolute Gasteiger partial charge is 0.321 e. The molecule has 0 saturated carbocycles. The normalized spacial score (nSPS) is 10.9. The zero-order valence-corrected chi connectivity index (χ0v) is 13.6. The Kier molecular flexibility index (Phi) is 5.70. The van der Waals surface area contributed by atoms with E-state index in [1.807, 2.05) is 18.0 Å². The van der Waals surface area contributed by atoms with Crippen LogP contribution in [-0.2, 0) is 13.0 Å². The number of aromatic nitrogens is 1. The first-order chi connectivity index (χ1) is 10.2. The predicted octanol–water partition coefficient (Wildman–Crippen LogP) is 4.11. The van der Waals surface area contributed by atoms with Gasteiger partial charge in [0.25, 0.3) is 0 Å². The Bertz CT molecular complexity index is 583. The third kappa shape index (κ3) is 4.02. The standard InChI is InChI=1S/C16H22FN3S/c1-4-9-18-11-15-14(5-2)19-16(21-15)20(3)13-8-6-7-12(17)10-13/h6-8,10,18H,4-5,9,11H2,1-3H3. The van der Waals surface area contributed by atoms with Gasteiger partial charge in [0.1, 0.15) is 5.82 Å². The highest BCUT2D eigenvalue weighted by atomic mass is 32.1. The number of nitrogens with zero attached hydrogens (tertiary/aromatic N) is 2. The Morgan fingerprint density at radius 2 is 2.14 bits per heavy atom. The first kappa shape index (κ1) is 15.9. The number of anilines is 2. The molecule has 1 heterocycles. The number of halogens is 1. The molecule has 21 heavy (non-hydrogen) atoms. The van der Waals surface area contributed by atoms with Crippen molar-refractivity contribution in [3.05, 3.63) is 40.7 Å².